The molecule has 0 amide bonds. The number of hydrogen-bond donors (Lipinski definition) is 0. The highest BCUT2D eigenvalue weighted by molar-refractivity contribution is 5.98. The molecular weight excluding hydrogens is 218 g/mol. The molecule has 1 heteroatoms. The van der Waals surface area contributed by atoms with Crippen molar-refractivity contribution < 1.29 is 0 Å². The van der Waals surface area contributed by atoms with Crippen LogP contribution in [-0.2, 0) is 6.42 Å². The summed E-state index contributed by atoms with van der Waals surface area (Å²) in [6, 6.07) is 8.87. The van der Waals surface area contributed by atoms with Gasteiger partial charge < -0.3 is 0 Å². The van der Waals surface area contributed by atoms with Gasteiger partial charge in [-0.3, -0.25) is 4.99 Å². The number of nitrogens with zero attached hydrogens (tertiary/aromatic N) is 1. The van der Waals surface area contributed by atoms with Gasteiger partial charge in [-0.25, -0.2) is 0 Å². The predicted molar refractivity (Wildman–Crippen MR) is 81.7 cm³/mol. The van der Waals surface area contributed by atoms with Gasteiger partial charge in [0.25, 0.3) is 0 Å². The van der Waals surface area contributed by atoms with Crippen LogP contribution in [0.3, 0.4) is 0 Å². The minimum atomic E-state index is 1.11. The molecule has 0 aliphatic rings. The zero-order valence-corrected chi connectivity index (χ0v) is 12.2. The zero-order chi connectivity index (χ0) is 13.2. The Morgan fingerprint density at radius 2 is 1.56 bits per heavy atom. The van der Waals surface area contributed by atoms with Crippen molar-refractivity contribution in [1.29, 1.82) is 0 Å². The van der Waals surface area contributed by atoms with Crippen molar-refractivity contribution >= 4 is 5.71 Å². The van der Waals surface area contributed by atoms with E-state index < -0.39 is 0 Å². The number of hydrogen-bond acceptors (Lipinski definition) is 1. The monoisotopic (exact) mass is 245 g/mol. The van der Waals surface area contributed by atoms with Gasteiger partial charge in [0.15, 0.2) is 0 Å². The maximum atomic E-state index is 4.21. The predicted octanol–water partition coefficient (Wildman–Crippen LogP) is 5.03. The summed E-state index contributed by atoms with van der Waals surface area (Å²) in [6.07, 6.45) is 9.44. The van der Waals surface area contributed by atoms with Gasteiger partial charge in [-0.2, -0.15) is 0 Å². The summed E-state index contributed by atoms with van der Waals surface area (Å²) in [6.45, 7) is 4.33. The molecule has 1 nitrogen and oxygen atoms in total. The molecule has 0 unspecified atom stereocenters. The Kier molecular flexibility index (Phi) is 7.40. The van der Waals surface area contributed by atoms with Crippen molar-refractivity contribution in [2.75, 3.05) is 7.05 Å². The van der Waals surface area contributed by atoms with Crippen molar-refractivity contribution in [3.63, 3.8) is 0 Å². The fourth-order valence-electron chi connectivity index (χ4n) is 2.15. The Hall–Kier alpha value is -1.11. The topological polar surface area (TPSA) is 12.4 Å². The average Bonchev–Trinajstić information content (AvgIpc) is 2.42. The van der Waals surface area contributed by atoms with Gasteiger partial charge in [-0.15, -0.1) is 0 Å². The highest BCUT2D eigenvalue weighted by Gasteiger charge is 1.97. The molecule has 18 heavy (non-hydrogen) atoms. The normalized spacial score (nSPS) is 11.8. The first-order valence-corrected chi connectivity index (χ1v) is 7.30. The van der Waals surface area contributed by atoms with E-state index in [0.29, 0.717) is 0 Å². The molecule has 0 heterocycles. The van der Waals surface area contributed by atoms with Crippen molar-refractivity contribution in [2.45, 2.75) is 58.8 Å². The minimum absolute atomic E-state index is 1.11. The molecule has 0 saturated carbocycles. The van der Waals surface area contributed by atoms with E-state index in [9.17, 15) is 0 Å². The molecule has 0 N–H and O–H groups in total. The molecule has 0 aromatic heterocycles. The fourth-order valence-corrected chi connectivity index (χ4v) is 2.15. The Balaban J connectivity index is 2.27. The van der Waals surface area contributed by atoms with Gasteiger partial charge in [0.05, 0.1) is 0 Å². The van der Waals surface area contributed by atoms with Crippen LogP contribution in [0.15, 0.2) is 29.3 Å². The van der Waals surface area contributed by atoms with Crippen LogP contribution in [0.1, 0.15) is 63.5 Å². The van der Waals surface area contributed by atoms with Crippen LogP contribution in [0.4, 0.5) is 0 Å². The van der Waals surface area contributed by atoms with E-state index in [4.69, 9.17) is 0 Å². The lowest BCUT2D eigenvalue weighted by Gasteiger charge is -2.04. The van der Waals surface area contributed by atoms with E-state index in [1.807, 2.05) is 7.05 Å². The molecule has 1 aromatic carbocycles. The number of benzene rings is 1. The van der Waals surface area contributed by atoms with Gasteiger partial charge >= 0.3 is 0 Å². The fraction of sp³-hybridized carbons (Fsp3) is 0.588. The molecule has 0 aliphatic carbocycles. The quantitative estimate of drug-likeness (QED) is 0.450. The largest absolute Gasteiger partial charge is 0.293 e. The van der Waals surface area contributed by atoms with Gasteiger partial charge in [-0.05, 0) is 30.9 Å². The molecule has 0 radical (unpaired) electrons. The summed E-state index contributed by atoms with van der Waals surface area (Å²) < 4.78 is 0. The smallest absolute Gasteiger partial charge is 0.0386 e. The second-order valence-electron chi connectivity index (χ2n) is 5.02. The lowest BCUT2D eigenvalue weighted by Crippen LogP contribution is -1.94. The molecule has 1 aromatic rings. The third-order valence-electron chi connectivity index (χ3n) is 3.53. The minimum Gasteiger partial charge on any atom is -0.293 e. The van der Waals surface area contributed by atoms with Crippen LogP contribution in [0.2, 0.25) is 0 Å². The maximum Gasteiger partial charge on any atom is 0.0386 e. The van der Waals surface area contributed by atoms with E-state index in [-0.39, 0.29) is 0 Å². The first-order valence-electron chi connectivity index (χ1n) is 7.30. The lowest BCUT2D eigenvalue weighted by atomic mass is 10.0. The number of rotatable bonds is 8. The van der Waals surface area contributed by atoms with Gasteiger partial charge in [0.1, 0.15) is 0 Å². The van der Waals surface area contributed by atoms with Crippen molar-refractivity contribution in [3.8, 4) is 0 Å². The van der Waals surface area contributed by atoms with Crippen LogP contribution in [-0.4, -0.2) is 12.8 Å². The van der Waals surface area contributed by atoms with Crippen LogP contribution < -0.4 is 0 Å². The van der Waals surface area contributed by atoms with Crippen molar-refractivity contribution in [3.05, 3.63) is 35.4 Å². The maximum absolute atomic E-state index is 4.21. The summed E-state index contributed by atoms with van der Waals surface area (Å²) in [5.41, 5.74) is 3.81. The summed E-state index contributed by atoms with van der Waals surface area (Å²) >= 11 is 0. The van der Waals surface area contributed by atoms with E-state index in [1.165, 1.54) is 56.1 Å². The first kappa shape index (κ1) is 14.9. The number of unbranched alkanes of at least 4 members (excludes halogenated alkanes) is 5. The Morgan fingerprint density at radius 1 is 0.944 bits per heavy atom. The van der Waals surface area contributed by atoms with Crippen LogP contribution >= 0.6 is 0 Å². The van der Waals surface area contributed by atoms with Crippen molar-refractivity contribution in [2.24, 2.45) is 4.99 Å². The average molecular weight is 245 g/mol. The van der Waals surface area contributed by atoms with Crippen LogP contribution in [0.5, 0.6) is 0 Å². The highest BCUT2D eigenvalue weighted by atomic mass is 14.7. The molecule has 0 bridgehead atoms. The Labute approximate surface area is 112 Å². The molecule has 100 valence electrons. The second-order valence-corrected chi connectivity index (χ2v) is 5.02. The van der Waals surface area contributed by atoms with Crippen LogP contribution in [0.25, 0.3) is 0 Å². The summed E-state index contributed by atoms with van der Waals surface area (Å²) in [5.74, 6) is 0. The van der Waals surface area contributed by atoms with Gasteiger partial charge in [0, 0.05) is 12.8 Å². The van der Waals surface area contributed by atoms with E-state index in [1.54, 1.807) is 0 Å². The molecule has 0 saturated heterocycles. The summed E-state index contributed by atoms with van der Waals surface area (Å²) in [7, 11) is 1.85. The van der Waals surface area contributed by atoms with Gasteiger partial charge in [-0.1, -0.05) is 63.3 Å². The Morgan fingerprint density at radius 3 is 2.17 bits per heavy atom. The molecular formula is C17H27N. The first-order chi connectivity index (χ1) is 8.77. The Bertz CT molecular complexity index is 348. The van der Waals surface area contributed by atoms with E-state index >= 15 is 0 Å². The third-order valence-corrected chi connectivity index (χ3v) is 3.53. The standard InChI is InChI=1S/C17H27N/c1-4-5-6-7-8-9-10-16-11-13-17(14-12-16)15(2)18-3/h11-14H,4-10H2,1-3H3. The van der Waals surface area contributed by atoms with E-state index in [0.717, 1.165) is 5.71 Å². The third kappa shape index (κ3) is 5.48. The molecule has 0 fully saturated rings. The molecule has 0 spiro atoms. The lowest BCUT2D eigenvalue weighted by molar-refractivity contribution is 0.607. The second kappa shape index (κ2) is 8.91. The van der Waals surface area contributed by atoms with Crippen molar-refractivity contribution in [1.82, 2.24) is 0 Å². The van der Waals surface area contributed by atoms with Crippen LogP contribution in [0, 0.1) is 0 Å². The number of aliphatic imine (C=N–C) groups is 1. The SMILES string of the molecule is CCCCCCCCc1ccc(C(C)=NC)cc1. The number of aryl methyl sites for hydroxylation is 1. The molecule has 0 aliphatic heterocycles. The summed E-state index contributed by atoms with van der Waals surface area (Å²) in [5, 5.41) is 0. The molecule has 0 atom stereocenters. The van der Waals surface area contributed by atoms with E-state index in [2.05, 4.69) is 43.1 Å². The molecule has 1 rings (SSSR count). The zero-order valence-electron chi connectivity index (χ0n) is 12.2. The van der Waals surface area contributed by atoms with Gasteiger partial charge in [0.2, 0.25) is 0 Å². The highest BCUT2D eigenvalue weighted by Crippen LogP contribution is 2.11. The summed E-state index contributed by atoms with van der Waals surface area (Å²) in [4.78, 5) is 4.21.